The smallest absolute Gasteiger partial charge is 0.0725 e. The maximum atomic E-state index is 4.22. The average molecular weight is 1790 g/mol. The van der Waals surface area contributed by atoms with Crippen LogP contribution in [0.15, 0.2) is 43.4 Å². The van der Waals surface area contributed by atoms with E-state index in [4.69, 9.17) is 0 Å². The first-order valence-corrected chi connectivity index (χ1v) is 53.3. The minimum absolute atomic E-state index is 0.636. The van der Waals surface area contributed by atoms with Gasteiger partial charge in [0, 0.05) is 45.8 Å². The van der Waals surface area contributed by atoms with Crippen LogP contribution in [0.25, 0.3) is 0 Å². The zero-order valence-electron chi connectivity index (χ0n) is 89.1. The Labute approximate surface area is 788 Å². The maximum absolute atomic E-state index is 4.22. The molecular formula is C107H207N21. The van der Waals surface area contributed by atoms with Crippen LogP contribution in [0.1, 0.15) is 471 Å². The molecule has 740 valence electrons. The highest BCUT2D eigenvalue weighted by Crippen LogP contribution is 2.21. The molecule has 0 bridgehead atoms. The number of aryl methyl sites for hydroxylation is 12. The number of rotatable bonds is 65. The molecular weight excluding hydrogens is 1580 g/mol. The van der Waals surface area contributed by atoms with Crippen molar-refractivity contribution in [1.82, 2.24) is 105 Å². The van der Waals surface area contributed by atoms with Gasteiger partial charge in [-0.1, -0.05) is 384 Å². The molecule has 0 aliphatic rings. The van der Waals surface area contributed by atoms with Crippen LogP contribution < -0.4 is 0 Å². The zero-order valence-corrected chi connectivity index (χ0v) is 89.1. The fourth-order valence-electron chi connectivity index (χ4n) is 15.2. The van der Waals surface area contributed by atoms with Gasteiger partial charge in [-0.3, -0.25) is 0 Å². The molecule has 0 unspecified atom stereocenters. The normalized spacial score (nSPS) is 11.7. The van der Waals surface area contributed by atoms with E-state index in [1.807, 2.05) is 43.4 Å². The number of aromatic nitrogens is 21. The summed E-state index contributed by atoms with van der Waals surface area (Å²) in [5, 5.41) is 57.5. The van der Waals surface area contributed by atoms with E-state index in [0.717, 1.165) is 162 Å². The summed E-state index contributed by atoms with van der Waals surface area (Å²) >= 11 is 0. The lowest BCUT2D eigenvalue weighted by Crippen LogP contribution is -2.09. The molecule has 0 atom stereocenters. The van der Waals surface area contributed by atoms with Crippen LogP contribution in [0, 0.1) is 82.9 Å². The van der Waals surface area contributed by atoms with Crippen molar-refractivity contribution < 1.29 is 0 Å². The molecule has 7 aromatic heterocycles. The summed E-state index contributed by atoms with van der Waals surface area (Å²) in [4.78, 5) is 0. The van der Waals surface area contributed by atoms with E-state index in [9.17, 15) is 0 Å². The minimum Gasteiger partial charge on any atom is -0.249 e. The molecule has 0 aromatic carbocycles. The van der Waals surface area contributed by atoms with E-state index < -0.39 is 0 Å². The summed E-state index contributed by atoms with van der Waals surface area (Å²) in [6, 6.07) is 0. The molecule has 0 saturated carbocycles. The Hall–Kier alpha value is -6.02. The predicted octanol–water partition coefficient (Wildman–Crippen LogP) is 29.4. The highest BCUT2D eigenvalue weighted by Gasteiger charge is 2.14. The molecule has 21 heteroatoms. The third-order valence-corrected chi connectivity index (χ3v) is 23.5. The SMILES string of the molecule is CC(C)CCCCCCCc1cnnn1CCC(C)C.CC(C)CCCCCCCc1cnnn1CCC(C)C.CC(C)CCCCCCc1cnnn1CCCC(C)C.CC(C)CCCCCc1cnnn1CC(C)C.CC(C)CCCCCc1cnnn1CC(C)C.CC(C)CCCCc1cnnn1CCC(C)C.CC(C)CCCCc1cnnn1CCC(C)C. The average Bonchev–Trinajstić information content (AvgIpc) is 1.95. The lowest BCUT2D eigenvalue weighted by Gasteiger charge is -2.08. The van der Waals surface area contributed by atoms with E-state index >= 15 is 0 Å². The van der Waals surface area contributed by atoms with Crippen LogP contribution >= 0.6 is 0 Å². The Morgan fingerprint density at radius 2 is 0.289 bits per heavy atom. The summed E-state index contributed by atoms with van der Waals surface area (Å²) < 4.78 is 14.6. The Balaban J connectivity index is 0.000000748. The third kappa shape index (κ3) is 68.9. The van der Waals surface area contributed by atoms with Gasteiger partial charge in [0.05, 0.1) is 83.2 Å². The van der Waals surface area contributed by atoms with E-state index in [-0.39, 0.29) is 0 Å². The highest BCUT2D eigenvalue weighted by molar-refractivity contribution is 4.99. The molecule has 7 rings (SSSR count). The minimum atomic E-state index is 0.636. The van der Waals surface area contributed by atoms with E-state index in [0.29, 0.717) is 11.8 Å². The number of hydrogen-bond donors (Lipinski definition) is 0. The molecule has 0 amide bonds. The van der Waals surface area contributed by atoms with Gasteiger partial charge in [-0.15, -0.1) is 35.7 Å². The first-order chi connectivity index (χ1) is 61.1. The molecule has 21 nitrogen and oxygen atoms in total. The number of nitrogens with zero attached hydrogens (tertiary/aromatic N) is 21. The first-order valence-electron chi connectivity index (χ1n) is 53.3. The topological polar surface area (TPSA) is 215 Å². The molecule has 0 aliphatic carbocycles. The molecule has 7 aromatic rings. The molecule has 128 heavy (non-hydrogen) atoms. The van der Waals surface area contributed by atoms with Gasteiger partial charge < -0.3 is 0 Å². The Morgan fingerprint density at radius 1 is 0.148 bits per heavy atom. The second-order valence-electron chi connectivity index (χ2n) is 43.6. The molecule has 0 saturated heterocycles. The lowest BCUT2D eigenvalue weighted by atomic mass is 10.0. The highest BCUT2D eigenvalue weighted by atomic mass is 15.5. The zero-order chi connectivity index (χ0) is 95.1. The summed E-state index contributed by atoms with van der Waals surface area (Å²) in [5.41, 5.74) is 9.13. The number of hydrogen-bond acceptors (Lipinski definition) is 14. The van der Waals surface area contributed by atoms with Crippen LogP contribution in [-0.2, 0) is 90.8 Å². The monoisotopic (exact) mass is 1790 g/mol. The van der Waals surface area contributed by atoms with Crippen molar-refractivity contribution >= 4 is 0 Å². The molecule has 0 spiro atoms. The second-order valence-corrected chi connectivity index (χ2v) is 43.6. The van der Waals surface area contributed by atoms with Gasteiger partial charge in [-0.2, -0.15) is 0 Å². The lowest BCUT2D eigenvalue weighted by molar-refractivity contribution is 0.453. The van der Waals surface area contributed by atoms with Crippen molar-refractivity contribution in [2.45, 2.75) is 522 Å². The van der Waals surface area contributed by atoms with Crippen LogP contribution in [0.3, 0.4) is 0 Å². The van der Waals surface area contributed by atoms with Crippen molar-refractivity contribution in [3.63, 3.8) is 0 Å². The summed E-state index contributed by atoms with van der Waals surface area (Å²) in [7, 11) is 0. The summed E-state index contributed by atoms with van der Waals surface area (Å²) in [6.45, 7) is 70.7. The molecule has 0 fully saturated rings. The van der Waals surface area contributed by atoms with Crippen LogP contribution in [0.5, 0.6) is 0 Å². The Kier molecular flexibility index (Phi) is 72.6. The molecule has 0 radical (unpaired) electrons. The van der Waals surface area contributed by atoms with Gasteiger partial charge in [0.1, 0.15) is 0 Å². The van der Waals surface area contributed by atoms with Crippen LogP contribution in [0.2, 0.25) is 0 Å². The van der Waals surface area contributed by atoms with Gasteiger partial charge >= 0.3 is 0 Å². The van der Waals surface area contributed by atoms with Crippen molar-refractivity contribution in [2.75, 3.05) is 0 Å². The van der Waals surface area contributed by atoms with Crippen molar-refractivity contribution in [2.24, 2.45) is 82.9 Å². The van der Waals surface area contributed by atoms with Gasteiger partial charge in [0.15, 0.2) is 0 Å². The summed E-state index contributed by atoms with van der Waals surface area (Å²) in [5.74, 6) is 10.8. The van der Waals surface area contributed by atoms with E-state index in [1.165, 1.54) is 277 Å². The quantitative estimate of drug-likeness (QED) is 0.0324. The first kappa shape index (κ1) is 120. The van der Waals surface area contributed by atoms with E-state index in [2.05, 4.69) is 299 Å². The van der Waals surface area contributed by atoms with Gasteiger partial charge in [0.25, 0.3) is 0 Å². The predicted molar refractivity (Wildman–Crippen MR) is 545 cm³/mol. The van der Waals surface area contributed by atoms with Gasteiger partial charge in [-0.25, -0.2) is 32.8 Å². The third-order valence-electron chi connectivity index (χ3n) is 23.5. The maximum Gasteiger partial charge on any atom is 0.0725 e. The fraction of sp³-hybridized carbons (Fsp3) is 0.869. The van der Waals surface area contributed by atoms with Crippen LogP contribution in [0.4, 0.5) is 0 Å². The van der Waals surface area contributed by atoms with Gasteiger partial charge in [0.2, 0.25) is 0 Å². The van der Waals surface area contributed by atoms with Crippen molar-refractivity contribution in [3.8, 4) is 0 Å². The van der Waals surface area contributed by atoms with Gasteiger partial charge in [-0.05, 0) is 211 Å². The number of unbranched alkanes of at least 4 members (excludes halogenated alkanes) is 17. The molecule has 7 heterocycles. The van der Waals surface area contributed by atoms with Crippen LogP contribution in [-0.4, -0.2) is 105 Å². The van der Waals surface area contributed by atoms with E-state index in [1.54, 1.807) is 0 Å². The Morgan fingerprint density at radius 3 is 0.484 bits per heavy atom. The van der Waals surface area contributed by atoms with Crippen molar-refractivity contribution in [3.05, 3.63) is 83.2 Å². The Bertz CT molecular complexity index is 3310. The largest absolute Gasteiger partial charge is 0.249 e. The standard InChI is InChI=1S/3C17H33N3.4C14H27N3/c1-15(2)10-7-5-6-8-12-17-14-18-19-20(17)13-9-11-16(3)4;2*1-15(2)10-8-6-5-7-9-11-17-14-18-19-20(17)13-12-16(3)4;2*1-12(2)7-5-6-8-14-11-15-16-17(14)10-9-13(3)4;2*1-12(2)8-6-5-7-9-14-10-15-16-17(14)11-13(3)4/h3*14-16H,5-13H2,1-4H3;2*11-13H,5-10H2,1-4H3;2*10,12-13H,5-9,11H2,1-4H3. The second kappa shape index (κ2) is 77.4. The fourth-order valence-corrected chi connectivity index (χ4v) is 15.2. The van der Waals surface area contributed by atoms with Crippen molar-refractivity contribution in [1.29, 1.82) is 0 Å². The summed E-state index contributed by atoms with van der Waals surface area (Å²) in [6.07, 6.45) is 70.1. The molecule has 0 aliphatic heterocycles. The molecule has 0 N–H and O–H groups in total.